The molecule has 2 aliphatic rings. The van der Waals surface area contributed by atoms with Gasteiger partial charge in [-0.3, -0.25) is 23.4 Å². The van der Waals surface area contributed by atoms with Gasteiger partial charge in [-0.15, -0.1) is 10.9 Å². The number of H-pyrrole nitrogens is 1. The number of fused-ring (bicyclic) bond motifs is 2. The van der Waals surface area contributed by atoms with Crippen LogP contribution in [0.15, 0.2) is 23.8 Å². The molecular weight excluding hydrogens is 709 g/mol. The molecular formula is C22H24FN10O10P2S2+. The summed E-state index contributed by atoms with van der Waals surface area (Å²) in [7, 11) is -2.76. The van der Waals surface area contributed by atoms with Crippen LogP contribution >= 0.6 is 26.2 Å². The van der Waals surface area contributed by atoms with E-state index in [0.717, 1.165) is 28.1 Å². The van der Waals surface area contributed by atoms with Gasteiger partial charge >= 0.3 is 13.9 Å². The van der Waals surface area contributed by atoms with E-state index in [-0.39, 0.29) is 34.1 Å². The summed E-state index contributed by atoms with van der Waals surface area (Å²) in [6.07, 6.45) is 0.662. The number of nitrogens with two attached hydrogens (primary N) is 2. The zero-order valence-electron chi connectivity index (χ0n) is 23.4. The SMILES string of the molecule is C#CC1(COP(O)(=S)OC2C(F)C(CO)OC2n2cnc3c(=O)[nH]c(N)nc32)OCC(O)(n2cnc3c(N)ncnc32)C1O[P+](=O)S. The van der Waals surface area contributed by atoms with Crippen molar-refractivity contribution in [3.63, 3.8) is 0 Å². The van der Waals surface area contributed by atoms with E-state index in [4.69, 9.17) is 52.7 Å². The Morgan fingerprint density at radius 3 is 2.74 bits per heavy atom. The summed E-state index contributed by atoms with van der Waals surface area (Å²) in [5.41, 5.74) is 6.33. The molecule has 2 saturated heterocycles. The molecule has 8 N–H and O–H groups in total. The molecule has 20 nitrogen and oxygen atoms in total. The largest absolute Gasteiger partial charge is 0.582 e. The number of nitrogens with one attached hydrogen (secondary N) is 1. The molecule has 0 spiro atoms. The predicted octanol–water partition coefficient (Wildman–Crippen LogP) is -1.01. The molecule has 250 valence electrons. The lowest BCUT2D eigenvalue weighted by Gasteiger charge is -2.32. The molecule has 4 aromatic heterocycles. The number of nitrogens with zero attached hydrogens (tertiary/aromatic N) is 7. The first-order valence-electron chi connectivity index (χ1n) is 13.1. The molecule has 6 heterocycles. The number of hydrogen-bond acceptors (Lipinski definition) is 17. The molecule has 47 heavy (non-hydrogen) atoms. The molecule has 0 amide bonds. The average Bonchev–Trinajstić information content (AvgIpc) is 3.77. The van der Waals surface area contributed by atoms with Crippen molar-refractivity contribution >= 4 is 72.1 Å². The minimum Gasteiger partial charge on any atom is -0.394 e. The van der Waals surface area contributed by atoms with Crippen molar-refractivity contribution in [1.29, 1.82) is 0 Å². The first-order chi connectivity index (χ1) is 22.2. The van der Waals surface area contributed by atoms with Crippen LogP contribution in [0.2, 0.25) is 0 Å². The topological polar surface area (TPSA) is 283 Å². The molecule has 0 aliphatic carbocycles. The van der Waals surface area contributed by atoms with Gasteiger partial charge in [-0.25, -0.2) is 24.3 Å². The molecule has 0 saturated carbocycles. The van der Waals surface area contributed by atoms with Crippen LogP contribution in [-0.4, -0.2) is 104 Å². The second-order valence-electron chi connectivity index (χ2n) is 10.2. The van der Waals surface area contributed by atoms with Gasteiger partial charge in [-0.05, 0) is 16.4 Å². The highest BCUT2D eigenvalue weighted by molar-refractivity contribution is 8.39. The van der Waals surface area contributed by atoms with Gasteiger partial charge < -0.3 is 40.6 Å². The zero-order valence-corrected chi connectivity index (χ0v) is 26.9. The molecule has 2 aliphatic heterocycles. The third-order valence-corrected chi connectivity index (χ3v) is 9.68. The number of rotatable bonds is 10. The number of thiol groups is 1. The number of terminal acetylenes is 1. The smallest absolute Gasteiger partial charge is 0.394 e. The van der Waals surface area contributed by atoms with Crippen LogP contribution in [0.1, 0.15) is 6.23 Å². The molecule has 9 atom stereocenters. The van der Waals surface area contributed by atoms with Gasteiger partial charge in [0.15, 0.2) is 40.6 Å². The van der Waals surface area contributed by atoms with E-state index in [0.29, 0.717) is 0 Å². The van der Waals surface area contributed by atoms with Crippen LogP contribution in [0.25, 0.3) is 22.3 Å². The maximum Gasteiger partial charge on any atom is 0.582 e. The fraction of sp³-hybridized carbons (Fsp3) is 0.455. The fourth-order valence-corrected chi connectivity index (χ4v) is 7.50. The third kappa shape index (κ3) is 5.79. The van der Waals surface area contributed by atoms with Crippen LogP contribution in [-0.2, 0) is 45.1 Å². The number of hydrogen-bond donors (Lipinski definition) is 7. The number of imidazole rings is 2. The number of ether oxygens (including phenoxy) is 2. The minimum absolute atomic E-state index is 0.00258. The van der Waals surface area contributed by atoms with E-state index in [1.54, 1.807) is 0 Å². The number of halogens is 1. The lowest BCUT2D eigenvalue weighted by Crippen LogP contribution is -2.53. The molecule has 0 aromatic carbocycles. The van der Waals surface area contributed by atoms with Gasteiger partial charge in [0.2, 0.25) is 17.8 Å². The van der Waals surface area contributed by atoms with Gasteiger partial charge in [0, 0.05) is 0 Å². The van der Waals surface area contributed by atoms with Gasteiger partial charge in [0.05, 0.1) is 25.9 Å². The third-order valence-electron chi connectivity index (χ3n) is 7.47. The Balaban J connectivity index is 1.29. The Kier molecular flexibility index (Phi) is 8.84. The number of aliphatic hydroxyl groups excluding tert-OH is 1. The first-order valence-corrected chi connectivity index (χ1v) is 18.0. The molecule has 9 unspecified atom stereocenters. The van der Waals surface area contributed by atoms with Crippen LogP contribution in [0, 0.1) is 12.3 Å². The lowest BCUT2D eigenvalue weighted by atomic mass is 9.93. The monoisotopic (exact) mass is 733 g/mol. The molecule has 6 rings (SSSR count). The average molecular weight is 734 g/mol. The van der Waals surface area contributed by atoms with E-state index in [2.05, 4.69) is 48.1 Å². The predicted molar refractivity (Wildman–Crippen MR) is 165 cm³/mol. The molecule has 0 bridgehead atoms. The van der Waals surface area contributed by atoms with Crippen molar-refractivity contribution in [1.82, 2.24) is 39.0 Å². The fourth-order valence-electron chi connectivity index (χ4n) is 5.30. The Morgan fingerprint density at radius 1 is 1.30 bits per heavy atom. The summed E-state index contributed by atoms with van der Waals surface area (Å²) < 4.78 is 57.9. The molecule has 2 fully saturated rings. The van der Waals surface area contributed by atoms with E-state index in [1.807, 2.05) is 0 Å². The van der Waals surface area contributed by atoms with Crippen molar-refractivity contribution in [3.05, 3.63) is 29.3 Å². The molecule has 25 heteroatoms. The van der Waals surface area contributed by atoms with Crippen LogP contribution in [0.4, 0.5) is 16.2 Å². The second-order valence-corrected chi connectivity index (χ2v) is 14.7. The van der Waals surface area contributed by atoms with Crippen molar-refractivity contribution in [3.8, 4) is 12.3 Å². The van der Waals surface area contributed by atoms with Crippen LogP contribution < -0.4 is 17.0 Å². The Labute approximate surface area is 272 Å². The Bertz CT molecular complexity index is 2030. The summed E-state index contributed by atoms with van der Waals surface area (Å²) >= 11 is 8.97. The number of anilines is 2. The van der Waals surface area contributed by atoms with Crippen LogP contribution in [0.3, 0.4) is 0 Å². The number of aromatic amines is 1. The highest BCUT2D eigenvalue weighted by Crippen LogP contribution is 2.53. The standard InChI is InChI=1S/C22H23FN10O10P2S2/c1-2-21(19(42-44(37)46)22(36,5-39-21)33-8-29-11-14(24)26-6-27-15(11)33)4-40-45(38,47)43-13-10(23)9(3-34)41-18(13)32-7-28-12-16(32)30-20(25)31-17(12)35/h1,6-10,13,18-19,34,36H,3-5H2,(H6-,24,25,26,27,30,31,35,37,38,46,47)/p+1. The first kappa shape index (κ1) is 33.7. The number of aliphatic hydroxyl groups is 2. The number of aromatic nitrogens is 8. The van der Waals surface area contributed by atoms with Gasteiger partial charge in [-0.2, -0.15) is 4.98 Å². The van der Waals surface area contributed by atoms with Gasteiger partial charge in [0.1, 0.15) is 42.9 Å². The molecule has 4 aromatic rings. The Hall–Kier alpha value is -3.23. The summed E-state index contributed by atoms with van der Waals surface area (Å²) in [6.45, 7) is -6.80. The zero-order chi connectivity index (χ0) is 33.9. The van der Waals surface area contributed by atoms with Crippen molar-refractivity contribution in [2.45, 2.75) is 42.0 Å². The van der Waals surface area contributed by atoms with Gasteiger partial charge in [-0.1, -0.05) is 5.92 Å². The number of nitrogen functional groups attached to an aromatic ring is 2. The molecule has 0 radical (unpaired) electrons. The van der Waals surface area contributed by atoms with Crippen molar-refractivity contribution in [2.75, 3.05) is 31.3 Å². The highest BCUT2D eigenvalue weighted by atomic mass is 32.7. The summed E-state index contributed by atoms with van der Waals surface area (Å²) in [5.74, 6) is 2.01. The van der Waals surface area contributed by atoms with Crippen molar-refractivity contribution < 1.29 is 47.1 Å². The van der Waals surface area contributed by atoms with Gasteiger partial charge in [0.25, 0.3) is 5.56 Å². The highest BCUT2D eigenvalue weighted by Gasteiger charge is 2.64. The summed E-state index contributed by atoms with van der Waals surface area (Å²) in [4.78, 5) is 45.7. The van der Waals surface area contributed by atoms with E-state index in [1.165, 1.54) is 0 Å². The second kappa shape index (κ2) is 12.3. The van der Waals surface area contributed by atoms with E-state index < -0.39 is 81.4 Å². The minimum atomic E-state index is -4.53. The van der Waals surface area contributed by atoms with E-state index >= 15 is 4.39 Å². The summed E-state index contributed by atoms with van der Waals surface area (Å²) in [5, 5.41) is 21.6. The maximum atomic E-state index is 15.6. The summed E-state index contributed by atoms with van der Waals surface area (Å²) in [6, 6.07) is 0. The van der Waals surface area contributed by atoms with E-state index in [9.17, 15) is 24.5 Å². The Morgan fingerprint density at radius 2 is 2.04 bits per heavy atom. The maximum absolute atomic E-state index is 15.6. The van der Waals surface area contributed by atoms with Crippen molar-refractivity contribution in [2.24, 2.45) is 0 Å². The van der Waals surface area contributed by atoms with Crippen LogP contribution in [0.5, 0.6) is 0 Å². The quantitative estimate of drug-likeness (QED) is 0.0584. The number of alkyl halides is 1. The lowest BCUT2D eigenvalue weighted by molar-refractivity contribution is -0.102. The normalized spacial score (nSPS) is 30.9.